The zero-order valence-corrected chi connectivity index (χ0v) is 18.5. The van der Waals surface area contributed by atoms with Crippen LogP contribution in [-0.4, -0.2) is 31.7 Å². The van der Waals surface area contributed by atoms with Gasteiger partial charge in [-0.2, -0.15) is 0 Å². The molecule has 0 saturated heterocycles. The molecule has 6 heteroatoms. The Bertz CT molecular complexity index is 1350. The maximum Gasteiger partial charge on any atom is 0.337 e. The number of aromatic nitrogens is 1. The van der Waals surface area contributed by atoms with E-state index in [-0.39, 0.29) is 5.82 Å². The fourth-order valence-electron chi connectivity index (χ4n) is 4.37. The lowest BCUT2D eigenvalue weighted by Gasteiger charge is -2.33. The Morgan fingerprint density at radius 1 is 0.970 bits per heavy atom. The first-order valence-electron chi connectivity index (χ1n) is 10.8. The Hall–Kier alpha value is -3.93. The lowest BCUT2D eigenvalue weighted by molar-refractivity contribution is 0.0601. The number of nitrogens with zero attached hydrogens (tertiary/aromatic N) is 2. The minimum Gasteiger partial charge on any atom is -0.497 e. The van der Waals surface area contributed by atoms with Crippen LogP contribution in [0.5, 0.6) is 5.75 Å². The number of anilines is 2. The molecule has 3 aromatic carbocycles. The molecule has 1 aliphatic heterocycles. The summed E-state index contributed by atoms with van der Waals surface area (Å²) in [5.74, 6) is 0.0942. The Balaban J connectivity index is 1.74. The molecule has 166 valence electrons. The van der Waals surface area contributed by atoms with Crippen molar-refractivity contribution in [3.8, 4) is 17.0 Å². The average molecular weight is 442 g/mol. The van der Waals surface area contributed by atoms with E-state index < -0.39 is 5.97 Å². The molecule has 0 amide bonds. The second kappa shape index (κ2) is 8.54. The summed E-state index contributed by atoms with van der Waals surface area (Å²) in [5.41, 5.74) is 5.97. The normalized spacial score (nSPS) is 13.0. The molecule has 2 heterocycles. The number of hydrogen-bond acceptors (Lipinski definition) is 5. The highest BCUT2D eigenvalue weighted by molar-refractivity contribution is 5.97. The van der Waals surface area contributed by atoms with E-state index in [1.807, 2.05) is 24.3 Å². The summed E-state index contributed by atoms with van der Waals surface area (Å²) in [4.78, 5) is 19.3. The van der Waals surface area contributed by atoms with Gasteiger partial charge in [0.15, 0.2) is 0 Å². The summed E-state index contributed by atoms with van der Waals surface area (Å²) in [6, 6.07) is 19.8. The van der Waals surface area contributed by atoms with Gasteiger partial charge in [-0.25, -0.2) is 14.2 Å². The molecule has 4 aromatic rings. The van der Waals surface area contributed by atoms with Crippen molar-refractivity contribution in [1.82, 2.24) is 4.98 Å². The number of aryl methyl sites for hydroxylation is 1. The quantitative estimate of drug-likeness (QED) is 0.367. The molecular weight excluding hydrogens is 419 g/mol. The van der Waals surface area contributed by atoms with Crippen molar-refractivity contribution in [2.45, 2.75) is 12.8 Å². The predicted molar refractivity (Wildman–Crippen MR) is 127 cm³/mol. The number of fused-ring (bicyclic) bond motifs is 2. The first kappa shape index (κ1) is 20.9. The van der Waals surface area contributed by atoms with Crippen LogP contribution in [0.1, 0.15) is 22.3 Å². The van der Waals surface area contributed by atoms with Gasteiger partial charge in [-0.1, -0.05) is 6.07 Å². The zero-order chi connectivity index (χ0) is 22.9. The number of benzene rings is 3. The highest BCUT2D eigenvalue weighted by Gasteiger charge is 2.23. The molecule has 5 rings (SSSR count). The molecule has 0 bridgehead atoms. The minimum atomic E-state index is -0.394. The fourth-order valence-corrected chi connectivity index (χ4v) is 4.37. The van der Waals surface area contributed by atoms with Gasteiger partial charge in [0.1, 0.15) is 11.6 Å². The van der Waals surface area contributed by atoms with Crippen molar-refractivity contribution in [2.24, 2.45) is 0 Å². The summed E-state index contributed by atoms with van der Waals surface area (Å²) in [6.45, 7) is 0.804. The van der Waals surface area contributed by atoms with Gasteiger partial charge in [0.05, 0.1) is 36.7 Å². The fraction of sp³-hybridized carbons (Fsp3) is 0.185. The number of rotatable bonds is 4. The lowest BCUT2D eigenvalue weighted by atomic mass is 9.98. The molecule has 5 nitrogen and oxygen atoms in total. The van der Waals surface area contributed by atoms with Crippen LogP contribution in [0.4, 0.5) is 15.8 Å². The molecule has 1 aliphatic rings. The number of carbonyl (C=O) groups excluding carboxylic acids is 1. The number of methoxy groups -OCH3 is 2. The van der Waals surface area contributed by atoms with E-state index in [2.05, 4.69) is 11.0 Å². The summed E-state index contributed by atoms with van der Waals surface area (Å²) in [7, 11) is 3.02. The summed E-state index contributed by atoms with van der Waals surface area (Å²) < 4.78 is 24.0. The number of halogens is 1. The second-order valence-electron chi connectivity index (χ2n) is 8.01. The molecule has 1 aromatic heterocycles. The molecule has 0 radical (unpaired) electrons. The first-order chi connectivity index (χ1) is 16.1. The topological polar surface area (TPSA) is 51.7 Å². The van der Waals surface area contributed by atoms with E-state index in [0.29, 0.717) is 5.56 Å². The van der Waals surface area contributed by atoms with Crippen molar-refractivity contribution in [3.63, 3.8) is 0 Å². The van der Waals surface area contributed by atoms with Crippen molar-refractivity contribution in [1.29, 1.82) is 0 Å². The first-order valence-corrected chi connectivity index (χ1v) is 10.8. The maximum atomic E-state index is 13.7. The van der Waals surface area contributed by atoms with E-state index in [1.165, 1.54) is 24.8 Å². The third kappa shape index (κ3) is 3.89. The van der Waals surface area contributed by atoms with Gasteiger partial charge < -0.3 is 14.4 Å². The Morgan fingerprint density at radius 3 is 2.55 bits per heavy atom. The maximum absolute atomic E-state index is 13.7. The van der Waals surface area contributed by atoms with Crippen molar-refractivity contribution in [3.05, 3.63) is 83.7 Å². The van der Waals surface area contributed by atoms with Gasteiger partial charge >= 0.3 is 5.97 Å². The van der Waals surface area contributed by atoms with Gasteiger partial charge in [-0.15, -0.1) is 0 Å². The number of esters is 1. The average Bonchev–Trinajstić information content (AvgIpc) is 2.87. The Labute approximate surface area is 191 Å². The van der Waals surface area contributed by atoms with E-state index in [9.17, 15) is 9.18 Å². The molecule has 0 unspecified atom stereocenters. The van der Waals surface area contributed by atoms with Gasteiger partial charge in [-0.3, -0.25) is 0 Å². The molecule has 33 heavy (non-hydrogen) atoms. The van der Waals surface area contributed by atoms with Crippen molar-refractivity contribution < 1.29 is 18.7 Å². The Kier molecular flexibility index (Phi) is 5.42. The monoisotopic (exact) mass is 442 g/mol. The molecule has 0 spiro atoms. The summed E-state index contributed by atoms with van der Waals surface area (Å²) >= 11 is 0. The molecule has 0 N–H and O–H groups in total. The SMILES string of the molecule is COC(=O)c1ccc2nc(-c3ccc(F)cc3)c(N3CCCc4ccc(OC)cc43)cc2c1. The lowest BCUT2D eigenvalue weighted by Crippen LogP contribution is -2.25. The highest BCUT2D eigenvalue weighted by Crippen LogP contribution is 2.41. The van der Waals surface area contributed by atoms with Crippen molar-refractivity contribution in [2.75, 3.05) is 25.7 Å². The minimum absolute atomic E-state index is 0.295. The third-order valence-electron chi connectivity index (χ3n) is 6.04. The second-order valence-corrected chi connectivity index (χ2v) is 8.01. The summed E-state index contributed by atoms with van der Waals surface area (Å²) in [5, 5.41) is 0.828. The molecule has 0 fully saturated rings. The molecular formula is C27H23FN2O3. The number of carbonyl (C=O) groups is 1. The standard InChI is InChI=1S/C27H23FN2O3/c1-32-22-11-7-17-4-3-13-30(24(17)16-22)25-15-20-14-19(27(31)33-2)8-12-23(20)29-26(25)18-5-9-21(28)10-6-18/h5-12,14-16H,3-4,13H2,1-2H3. The summed E-state index contributed by atoms with van der Waals surface area (Å²) in [6.07, 6.45) is 1.97. The number of pyridine rings is 1. The predicted octanol–water partition coefficient (Wildman–Crippen LogP) is 5.92. The largest absolute Gasteiger partial charge is 0.497 e. The molecule has 0 atom stereocenters. The van der Waals surface area contributed by atoms with Crippen LogP contribution in [0.15, 0.2) is 66.7 Å². The smallest absolute Gasteiger partial charge is 0.337 e. The van der Waals surface area contributed by atoms with Gasteiger partial charge in [0.25, 0.3) is 0 Å². The van der Waals surface area contributed by atoms with Gasteiger partial charge in [0, 0.05) is 29.2 Å². The van der Waals surface area contributed by atoms with Crippen LogP contribution < -0.4 is 9.64 Å². The van der Waals surface area contributed by atoms with E-state index in [4.69, 9.17) is 14.5 Å². The van der Waals surface area contributed by atoms with Gasteiger partial charge in [0.2, 0.25) is 0 Å². The van der Waals surface area contributed by atoms with E-state index in [1.54, 1.807) is 31.4 Å². The van der Waals surface area contributed by atoms with Crippen LogP contribution in [0.25, 0.3) is 22.2 Å². The van der Waals surface area contributed by atoms with Crippen LogP contribution in [0.2, 0.25) is 0 Å². The third-order valence-corrected chi connectivity index (χ3v) is 6.04. The number of hydrogen-bond donors (Lipinski definition) is 0. The van der Waals surface area contributed by atoms with Crippen LogP contribution in [0, 0.1) is 5.82 Å². The molecule has 0 saturated carbocycles. The van der Waals surface area contributed by atoms with Gasteiger partial charge in [-0.05, 0) is 73.0 Å². The van der Waals surface area contributed by atoms with E-state index in [0.717, 1.165) is 58.7 Å². The molecule has 0 aliphatic carbocycles. The highest BCUT2D eigenvalue weighted by atomic mass is 19.1. The Morgan fingerprint density at radius 2 is 1.79 bits per heavy atom. The van der Waals surface area contributed by atoms with E-state index >= 15 is 0 Å². The van der Waals surface area contributed by atoms with Crippen LogP contribution in [0.3, 0.4) is 0 Å². The van der Waals surface area contributed by atoms with Crippen LogP contribution in [-0.2, 0) is 11.2 Å². The zero-order valence-electron chi connectivity index (χ0n) is 18.5. The number of ether oxygens (including phenoxy) is 2. The van der Waals surface area contributed by atoms with Crippen LogP contribution >= 0.6 is 0 Å². The van der Waals surface area contributed by atoms with Crippen molar-refractivity contribution >= 4 is 28.2 Å².